The van der Waals surface area contributed by atoms with Crippen LogP contribution >= 0.6 is 11.3 Å². The number of carbonyl (C=O) groups is 1. The van der Waals surface area contributed by atoms with Gasteiger partial charge < -0.3 is 14.8 Å². The Bertz CT molecular complexity index is 1320. The zero-order valence-electron chi connectivity index (χ0n) is 20.1. The molecule has 2 aliphatic heterocycles. The van der Waals surface area contributed by atoms with E-state index in [1.165, 1.54) is 22.8 Å². The number of nitrogens with one attached hydrogen (secondary N) is 1. The molecule has 0 spiro atoms. The first-order chi connectivity index (χ1) is 17.8. The van der Waals surface area contributed by atoms with Crippen molar-refractivity contribution in [1.29, 1.82) is 5.26 Å². The minimum absolute atomic E-state index is 0.178. The summed E-state index contributed by atoms with van der Waals surface area (Å²) in [6.07, 6.45) is -1.63. The van der Waals surface area contributed by atoms with Crippen molar-refractivity contribution in [3.63, 3.8) is 0 Å². The van der Waals surface area contributed by atoms with Gasteiger partial charge in [0.05, 0.1) is 36.0 Å². The molecule has 2 aliphatic rings. The second-order valence-corrected chi connectivity index (χ2v) is 9.81. The molecule has 198 valence electrons. The Morgan fingerprint density at radius 1 is 1.22 bits per heavy atom. The molecule has 1 aromatic carbocycles. The van der Waals surface area contributed by atoms with Crippen molar-refractivity contribution < 1.29 is 27.4 Å². The molecule has 37 heavy (non-hydrogen) atoms. The second kappa shape index (κ2) is 12.0. The largest absolute Gasteiger partial charge is 0.416 e. The predicted molar refractivity (Wildman–Crippen MR) is 131 cm³/mol. The maximum Gasteiger partial charge on any atom is 0.416 e. The van der Waals surface area contributed by atoms with E-state index in [2.05, 4.69) is 10.2 Å². The van der Waals surface area contributed by atoms with E-state index in [9.17, 15) is 28.0 Å². The molecule has 12 heteroatoms. The molecule has 0 saturated carbocycles. The minimum atomic E-state index is -4.46. The molecule has 1 unspecified atom stereocenters. The number of nitrogens with zero attached hydrogens (tertiary/aromatic N) is 3. The minimum Gasteiger partial charge on any atom is -0.379 e. The standard InChI is InChI=1S/C25H27F3N4O4S/c26-25(27,28)18-5-3-17(4-6-18)14-21-23(34)32(16-19-2-1-11-36-19)24(37-21)20(15-29)22(33)30-7-8-31-9-12-35-13-10-31/h3-6,14,19H,1-2,7-13,16H2,(H,30,33)/b21-14+,24-20-. The number of morpholine rings is 1. The number of halogens is 3. The third-order valence-corrected chi connectivity index (χ3v) is 7.35. The van der Waals surface area contributed by atoms with Crippen LogP contribution in [0, 0.1) is 11.3 Å². The monoisotopic (exact) mass is 536 g/mol. The van der Waals surface area contributed by atoms with Crippen LogP contribution in [-0.4, -0.2) is 67.5 Å². The van der Waals surface area contributed by atoms with Gasteiger partial charge in [0.1, 0.15) is 10.7 Å². The molecule has 4 rings (SSSR count). The van der Waals surface area contributed by atoms with Gasteiger partial charge in [-0.1, -0.05) is 12.1 Å². The van der Waals surface area contributed by atoms with Gasteiger partial charge >= 0.3 is 6.18 Å². The van der Waals surface area contributed by atoms with E-state index in [1.54, 1.807) is 0 Å². The van der Waals surface area contributed by atoms with Crippen molar-refractivity contribution in [1.82, 2.24) is 14.8 Å². The number of ether oxygens (including phenoxy) is 2. The Labute approximate surface area is 215 Å². The molecule has 3 heterocycles. The number of nitriles is 1. The summed E-state index contributed by atoms with van der Waals surface area (Å²) in [6.45, 7) is 4.47. The molecule has 1 atom stereocenters. The van der Waals surface area contributed by atoms with Gasteiger partial charge in [-0.15, -0.1) is 11.3 Å². The van der Waals surface area contributed by atoms with Crippen LogP contribution in [0.25, 0.3) is 11.6 Å². The quantitative estimate of drug-likeness (QED) is 0.569. The SMILES string of the molecule is N#C/C(C(=O)NCCN1CCOCC1)=c1/s/c(=C/c2ccc(C(F)(F)F)cc2)c(=O)n1CC1CCCO1. The van der Waals surface area contributed by atoms with Crippen LogP contribution in [0.1, 0.15) is 24.0 Å². The Morgan fingerprint density at radius 3 is 2.57 bits per heavy atom. The van der Waals surface area contributed by atoms with Crippen LogP contribution in [0.2, 0.25) is 0 Å². The molecule has 0 radical (unpaired) electrons. The van der Waals surface area contributed by atoms with Crippen molar-refractivity contribution >= 4 is 28.9 Å². The van der Waals surface area contributed by atoms with E-state index in [4.69, 9.17) is 9.47 Å². The summed E-state index contributed by atoms with van der Waals surface area (Å²) in [5.41, 5.74) is -1.00. The predicted octanol–water partition coefficient (Wildman–Crippen LogP) is 1.06. The Kier molecular flexibility index (Phi) is 8.81. The number of benzene rings is 1. The Morgan fingerprint density at radius 2 is 1.95 bits per heavy atom. The van der Waals surface area contributed by atoms with E-state index in [1.807, 2.05) is 6.07 Å². The lowest BCUT2D eigenvalue weighted by Crippen LogP contribution is -2.42. The fourth-order valence-electron chi connectivity index (χ4n) is 4.22. The molecular formula is C25H27F3N4O4S. The lowest BCUT2D eigenvalue weighted by atomic mass is 10.1. The molecule has 0 bridgehead atoms. The summed E-state index contributed by atoms with van der Waals surface area (Å²) in [7, 11) is 0. The van der Waals surface area contributed by atoms with Gasteiger partial charge in [0, 0.05) is 32.8 Å². The number of amides is 1. The Hall–Kier alpha value is -2.98. The lowest BCUT2D eigenvalue weighted by molar-refractivity contribution is -0.137. The molecular weight excluding hydrogens is 509 g/mol. The van der Waals surface area contributed by atoms with Crippen LogP contribution < -0.4 is 20.1 Å². The maximum absolute atomic E-state index is 13.3. The van der Waals surface area contributed by atoms with Crippen molar-refractivity contribution in [3.05, 3.63) is 54.9 Å². The van der Waals surface area contributed by atoms with Gasteiger partial charge in [0.25, 0.3) is 11.5 Å². The smallest absolute Gasteiger partial charge is 0.379 e. The van der Waals surface area contributed by atoms with Crippen molar-refractivity contribution in [2.24, 2.45) is 0 Å². The number of hydrogen-bond acceptors (Lipinski definition) is 7. The first-order valence-electron chi connectivity index (χ1n) is 12.0. The lowest BCUT2D eigenvalue weighted by Gasteiger charge is -2.26. The number of thiazole rings is 1. The first-order valence-corrected chi connectivity index (χ1v) is 12.8. The van der Waals surface area contributed by atoms with Gasteiger partial charge in [-0.25, -0.2) is 0 Å². The topological polar surface area (TPSA) is 96.6 Å². The van der Waals surface area contributed by atoms with Crippen LogP contribution in [0.5, 0.6) is 0 Å². The molecule has 1 aromatic heterocycles. The van der Waals surface area contributed by atoms with E-state index in [0.29, 0.717) is 38.5 Å². The fraction of sp³-hybridized carbons (Fsp3) is 0.480. The zero-order chi connectivity index (χ0) is 26.4. The summed E-state index contributed by atoms with van der Waals surface area (Å²) in [6, 6.07) is 6.39. The van der Waals surface area contributed by atoms with Crippen LogP contribution in [0.4, 0.5) is 13.2 Å². The average molecular weight is 537 g/mol. The highest BCUT2D eigenvalue weighted by molar-refractivity contribution is 7.07. The van der Waals surface area contributed by atoms with Crippen LogP contribution in [-0.2, 0) is 27.0 Å². The second-order valence-electron chi connectivity index (χ2n) is 8.78. The number of alkyl halides is 3. The van der Waals surface area contributed by atoms with Gasteiger partial charge in [-0.3, -0.25) is 19.1 Å². The summed E-state index contributed by atoms with van der Waals surface area (Å²) in [5.74, 6) is -0.584. The van der Waals surface area contributed by atoms with E-state index < -0.39 is 23.2 Å². The fourth-order valence-corrected chi connectivity index (χ4v) is 5.33. The van der Waals surface area contributed by atoms with Crippen molar-refractivity contribution in [3.8, 4) is 6.07 Å². The maximum atomic E-state index is 13.3. The highest BCUT2D eigenvalue weighted by atomic mass is 32.1. The summed E-state index contributed by atoms with van der Waals surface area (Å²) in [5, 5.41) is 12.6. The third-order valence-electron chi connectivity index (χ3n) is 6.22. The van der Waals surface area contributed by atoms with E-state index >= 15 is 0 Å². The highest BCUT2D eigenvalue weighted by Crippen LogP contribution is 2.29. The van der Waals surface area contributed by atoms with Crippen molar-refractivity contribution in [2.75, 3.05) is 46.0 Å². The number of aromatic nitrogens is 1. The van der Waals surface area contributed by atoms with Gasteiger partial charge in [-0.05, 0) is 36.6 Å². The molecule has 1 N–H and O–H groups in total. The highest BCUT2D eigenvalue weighted by Gasteiger charge is 2.30. The van der Waals surface area contributed by atoms with Gasteiger partial charge in [0.2, 0.25) is 0 Å². The molecule has 1 amide bonds. The van der Waals surface area contributed by atoms with Crippen LogP contribution in [0.15, 0.2) is 29.1 Å². The normalized spacial score (nSPS) is 20.1. The summed E-state index contributed by atoms with van der Waals surface area (Å²) >= 11 is 0.966. The summed E-state index contributed by atoms with van der Waals surface area (Å²) in [4.78, 5) is 28.4. The average Bonchev–Trinajstić information content (AvgIpc) is 3.49. The zero-order valence-corrected chi connectivity index (χ0v) is 20.9. The van der Waals surface area contributed by atoms with Gasteiger partial charge in [0.15, 0.2) is 5.57 Å². The summed E-state index contributed by atoms with van der Waals surface area (Å²) < 4.78 is 51.5. The molecule has 2 fully saturated rings. The molecule has 0 aliphatic carbocycles. The number of rotatable bonds is 7. The molecule has 2 saturated heterocycles. The molecule has 8 nitrogen and oxygen atoms in total. The Balaban J connectivity index is 1.66. The van der Waals surface area contributed by atoms with E-state index in [0.717, 1.165) is 49.4 Å². The van der Waals surface area contributed by atoms with E-state index in [-0.39, 0.29) is 27.4 Å². The third kappa shape index (κ3) is 6.87. The number of hydrogen-bond donors (Lipinski definition) is 1. The molecule has 2 aromatic rings. The first kappa shape index (κ1) is 27.1. The van der Waals surface area contributed by atoms with Crippen molar-refractivity contribution in [2.45, 2.75) is 31.7 Å². The van der Waals surface area contributed by atoms with Crippen LogP contribution in [0.3, 0.4) is 0 Å². The number of carbonyl (C=O) groups excluding carboxylic acids is 1. The van der Waals surface area contributed by atoms with Gasteiger partial charge in [-0.2, -0.15) is 18.4 Å².